The molecule has 0 unspecified atom stereocenters. The van der Waals surface area contributed by atoms with E-state index in [4.69, 9.17) is 4.74 Å². The molecule has 4 rings (SSSR count). The molecule has 1 aromatic heterocycles. The number of amides is 1. The highest BCUT2D eigenvalue weighted by Gasteiger charge is 2.36. The first-order valence-electron chi connectivity index (χ1n) is 11.9. The zero-order valence-corrected chi connectivity index (χ0v) is 20.5. The quantitative estimate of drug-likeness (QED) is 0.467. The van der Waals surface area contributed by atoms with Crippen LogP contribution in [0.3, 0.4) is 0 Å². The van der Waals surface area contributed by atoms with E-state index in [1.807, 2.05) is 16.7 Å². The molecule has 6 heteroatoms. The normalized spacial score (nSPS) is 25.0. The summed E-state index contributed by atoms with van der Waals surface area (Å²) >= 11 is 3.48. The van der Waals surface area contributed by atoms with Crippen molar-refractivity contribution in [3.8, 4) is 0 Å². The lowest BCUT2D eigenvalue weighted by Gasteiger charge is -2.37. The monoisotopic (exact) mass is 461 g/mol. The van der Waals surface area contributed by atoms with Crippen LogP contribution < -0.4 is 4.90 Å². The van der Waals surface area contributed by atoms with E-state index < -0.39 is 0 Å². The Hall–Kier alpha value is -1.27. The number of hydrogen-bond donors (Lipinski definition) is 0. The maximum absolute atomic E-state index is 13.9. The van der Waals surface area contributed by atoms with Crippen LogP contribution in [0, 0.1) is 11.8 Å². The Morgan fingerprint density at radius 1 is 1.06 bits per heavy atom. The third-order valence-electron chi connectivity index (χ3n) is 7.11. The summed E-state index contributed by atoms with van der Waals surface area (Å²) in [7, 11) is 1.44. The topological polar surface area (TPSA) is 46.6 Å². The number of carbonyl (C=O) groups is 2. The van der Waals surface area contributed by atoms with E-state index in [1.54, 1.807) is 0 Å². The predicted molar refractivity (Wildman–Crippen MR) is 131 cm³/mol. The minimum Gasteiger partial charge on any atom is -0.465 e. The van der Waals surface area contributed by atoms with Gasteiger partial charge in [-0.05, 0) is 93.3 Å². The molecule has 0 radical (unpaired) electrons. The van der Waals surface area contributed by atoms with E-state index in [9.17, 15) is 9.59 Å². The smallest absolute Gasteiger partial charge is 0.350 e. The zero-order valence-electron chi connectivity index (χ0n) is 18.9. The Bertz CT molecular complexity index is 817. The Morgan fingerprint density at radius 2 is 1.81 bits per heavy atom. The van der Waals surface area contributed by atoms with Crippen molar-refractivity contribution in [3.63, 3.8) is 0 Å². The lowest BCUT2D eigenvalue weighted by Crippen LogP contribution is -2.46. The lowest BCUT2D eigenvalue weighted by atomic mass is 9.82. The molecular formula is C25H35NO3S2. The van der Waals surface area contributed by atoms with Crippen LogP contribution in [0.4, 0.5) is 5.69 Å². The van der Waals surface area contributed by atoms with Crippen molar-refractivity contribution in [2.75, 3.05) is 23.5 Å². The molecule has 0 spiro atoms. The number of carbonyl (C=O) groups excluding carboxylic acids is 2. The second kappa shape index (κ2) is 10.6. The Kier molecular flexibility index (Phi) is 7.81. The summed E-state index contributed by atoms with van der Waals surface area (Å²) < 4.78 is 5.16. The predicted octanol–water partition coefficient (Wildman–Crippen LogP) is 6.55. The molecule has 2 heterocycles. The van der Waals surface area contributed by atoms with E-state index in [0.29, 0.717) is 10.8 Å². The van der Waals surface area contributed by atoms with E-state index in [0.717, 1.165) is 73.4 Å². The minimum absolute atomic E-state index is 0.0773. The second-order valence-electron chi connectivity index (χ2n) is 9.30. The van der Waals surface area contributed by atoms with E-state index in [1.165, 1.54) is 36.9 Å². The molecular weight excluding hydrogens is 426 g/mol. The molecule has 0 atom stereocenters. The minimum atomic E-state index is -0.317. The largest absolute Gasteiger partial charge is 0.465 e. The summed E-state index contributed by atoms with van der Waals surface area (Å²) in [5.74, 6) is 2.85. The van der Waals surface area contributed by atoms with E-state index >= 15 is 0 Å². The summed E-state index contributed by atoms with van der Waals surface area (Å²) in [6.07, 6.45) is 13.0. The van der Waals surface area contributed by atoms with Gasteiger partial charge in [0, 0.05) is 16.8 Å². The molecule has 1 amide bonds. The van der Waals surface area contributed by atoms with Crippen LogP contribution >= 0.6 is 23.1 Å². The van der Waals surface area contributed by atoms with Gasteiger partial charge in [-0.2, -0.15) is 11.8 Å². The van der Waals surface area contributed by atoms with Gasteiger partial charge in [0.15, 0.2) is 0 Å². The van der Waals surface area contributed by atoms with Gasteiger partial charge in [0.05, 0.1) is 12.8 Å². The molecule has 4 nitrogen and oxygen atoms in total. The second-order valence-corrected chi connectivity index (χ2v) is 11.6. The molecule has 2 aliphatic carbocycles. The van der Waals surface area contributed by atoms with Crippen molar-refractivity contribution in [1.82, 2.24) is 0 Å². The summed E-state index contributed by atoms with van der Waals surface area (Å²) in [4.78, 5) is 30.5. The van der Waals surface area contributed by atoms with Gasteiger partial charge in [-0.1, -0.05) is 13.0 Å². The third-order valence-corrected chi connectivity index (χ3v) is 9.34. The number of esters is 1. The van der Waals surface area contributed by atoms with Crippen molar-refractivity contribution in [2.45, 2.75) is 77.2 Å². The number of allylic oxidation sites excluding steroid dienone is 2. The summed E-state index contributed by atoms with van der Waals surface area (Å²) in [5.41, 5.74) is 2.13. The molecule has 0 bridgehead atoms. The molecule has 2 fully saturated rings. The van der Waals surface area contributed by atoms with Crippen molar-refractivity contribution in [2.24, 2.45) is 11.8 Å². The molecule has 1 saturated heterocycles. The van der Waals surface area contributed by atoms with Crippen molar-refractivity contribution >= 4 is 46.2 Å². The summed E-state index contributed by atoms with van der Waals surface area (Å²) in [5, 5.41) is 0. The lowest BCUT2D eigenvalue weighted by molar-refractivity contribution is -0.124. The van der Waals surface area contributed by atoms with Gasteiger partial charge in [0.1, 0.15) is 4.88 Å². The maximum atomic E-state index is 13.9. The van der Waals surface area contributed by atoms with Crippen molar-refractivity contribution in [3.05, 3.63) is 21.9 Å². The van der Waals surface area contributed by atoms with Crippen LogP contribution in [0.5, 0.6) is 0 Å². The molecule has 1 aromatic rings. The maximum Gasteiger partial charge on any atom is 0.350 e. The van der Waals surface area contributed by atoms with E-state index in [-0.39, 0.29) is 23.8 Å². The van der Waals surface area contributed by atoms with Crippen LogP contribution in [0.1, 0.15) is 85.7 Å². The van der Waals surface area contributed by atoms with Crippen molar-refractivity contribution < 1.29 is 14.3 Å². The first kappa shape index (κ1) is 22.9. The average Bonchev–Trinajstić information content (AvgIpc) is 3.25. The number of anilines is 1. The molecule has 0 aromatic carbocycles. The fraction of sp³-hybridized carbons (Fsp3) is 0.680. The fourth-order valence-corrected chi connectivity index (χ4v) is 7.38. The number of nitrogens with zero attached hydrogens (tertiary/aromatic N) is 1. The van der Waals surface area contributed by atoms with Gasteiger partial charge in [-0.15, -0.1) is 11.3 Å². The molecule has 1 saturated carbocycles. The molecule has 31 heavy (non-hydrogen) atoms. The average molecular weight is 462 g/mol. The van der Waals surface area contributed by atoms with Gasteiger partial charge in [-0.3, -0.25) is 4.79 Å². The highest BCUT2D eigenvalue weighted by Crippen LogP contribution is 2.42. The fourth-order valence-electron chi connectivity index (χ4n) is 5.16. The van der Waals surface area contributed by atoms with Crippen LogP contribution in [0.2, 0.25) is 0 Å². The van der Waals surface area contributed by atoms with Gasteiger partial charge in [0.2, 0.25) is 5.91 Å². The molecule has 170 valence electrons. The number of ether oxygens (including phenoxy) is 1. The Balaban J connectivity index is 1.72. The van der Waals surface area contributed by atoms with Gasteiger partial charge < -0.3 is 9.64 Å². The number of hydrogen-bond acceptors (Lipinski definition) is 5. The number of methoxy groups -OCH3 is 1. The Morgan fingerprint density at radius 3 is 2.45 bits per heavy atom. The molecule has 1 aliphatic heterocycles. The number of rotatable bonds is 5. The number of thioether (sulfide) groups is 1. The summed E-state index contributed by atoms with van der Waals surface area (Å²) in [6, 6.07) is 2.30. The molecule has 3 aliphatic rings. The van der Waals surface area contributed by atoms with Crippen LogP contribution in [-0.4, -0.2) is 36.5 Å². The summed E-state index contributed by atoms with van der Waals surface area (Å²) in [6.45, 7) is 2.29. The van der Waals surface area contributed by atoms with Crippen LogP contribution in [0.15, 0.2) is 12.1 Å². The Labute approximate surface area is 194 Å². The highest BCUT2D eigenvalue weighted by molar-refractivity contribution is 7.99. The zero-order chi connectivity index (χ0) is 21.8. The first-order valence-corrected chi connectivity index (χ1v) is 13.9. The first-order chi connectivity index (χ1) is 15.1. The standard InChI is InChI=1S/C25H35NO3S2/c1-17-8-10-19(11-9-17)24(27)26(20-12-14-30-15-13-20)21-16-22(18-6-4-3-5-7-18)31-23(21)25(28)29-2/h6,16-17,19-20H,3-5,7-15H2,1-2H3/t17-,19-. The molecule has 0 N–H and O–H groups in total. The van der Waals surface area contributed by atoms with Crippen molar-refractivity contribution in [1.29, 1.82) is 0 Å². The number of thiophene rings is 1. The highest BCUT2D eigenvalue weighted by atomic mass is 32.2. The van der Waals surface area contributed by atoms with Gasteiger partial charge in [0.25, 0.3) is 0 Å². The van der Waals surface area contributed by atoms with Gasteiger partial charge >= 0.3 is 5.97 Å². The van der Waals surface area contributed by atoms with Gasteiger partial charge in [-0.25, -0.2) is 4.79 Å². The SMILES string of the molecule is COC(=O)c1sc(C2=CCCCC2)cc1N(C(=O)[C@H]1CC[C@H](C)CC1)C1CCSCC1. The van der Waals surface area contributed by atoms with Crippen LogP contribution in [0.25, 0.3) is 5.57 Å². The van der Waals surface area contributed by atoms with Crippen LogP contribution in [-0.2, 0) is 9.53 Å². The van der Waals surface area contributed by atoms with E-state index in [2.05, 4.69) is 19.1 Å². The third kappa shape index (κ3) is 5.22.